The van der Waals surface area contributed by atoms with Gasteiger partial charge in [0.2, 0.25) is 5.91 Å². The van der Waals surface area contributed by atoms with Crippen LogP contribution < -0.4 is 5.73 Å². The van der Waals surface area contributed by atoms with E-state index in [9.17, 15) is 20.1 Å². The van der Waals surface area contributed by atoms with E-state index in [1.807, 2.05) is 12.2 Å². The number of hydrogen-bond acceptors (Lipinski definition) is 6. The summed E-state index contributed by atoms with van der Waals surface area (Å²) in [5, 5.41) is 32.4. The largest absolute Gasteiger partial charge is 0.396 e. The number of ether oxygens (including phenoxy) is 1. The lowest BCUT2D eigenvalue weighted by molar-refractivity contribution is -0.141. The fraction of sp³-hybridized carbons (Fsp3) is 0.857. The van der Waals surface area contributed by atoms with Gasteiger partial charge in [0.1, 0.15) is 17.4 Å². The quantitative estimate of drug-likeness (QED) is 0.456. The Morgan fingerprint density at radius 1 is 1.43 bits per heavy atom. The highest BCUT2D eigenvalue weighted by atomic mass is 16.5. The van der Waals surface area contributed by atoms with Gasteiger partial charge in [-0.2, -0.15) is 0 Å². The van der Waals surface area contributed by atoms with Crippen molar-refractivity contribution in [1.82, 2.24) is 4.90 Å². The number of fused-ring (bicyclic) bond motifs is 1. The van der Waals surface area contributed by atoms with Gasteiger partial charge in [-0.05, 0) is 51.9 Å². The molecule has 2 saturated heterocycles. The van der Waals surface area contributed by atoms with Crippen molar-refractivity contribution >= 4 is 5.91 Å². The summed E-state index contributed by atoms with van der Waals surface area (Å²) in [4.78, 5) is 14.9. The molecule has 3 rings (SSSR count). The van der Waals surface area contributed by atoms with E-state index >= 15 is 0 Å². The number of aliphatic hydroxyl groups excluding tert-OH is 2. The minimum atomic E-state index is -1.53. The summed E-state index contributed by atoms with van der Waals surface area (Å²) in [5.41, 5.74) is 3.09. The molecule has 1 aliphatic carbocycles. The molecule has 0 saturated carbocycles. The number of nitrogens with two attached hydrogens (primary N) is 1. The van der Waals surface area contributed by atoms with Crippen LogP contribution >= 0.6 is 0 Å². The Morgan fingerprint density at radius 2 is 2.18 bits per heavy atom. The molecule has 2 fully saturated rings. The third-order valence-electron chi connectivity index (χ3n) is 7.11. The molecule has 2 aliphatic heterocycles. The van der Waals surface area contributed by atoms with Crippen LogP contribution in [0.15, 0.2) is 12.2 Å². The van der Waals surface area contributed by atoms with E-state index in [1.54, 1.807) is 11.8 Å². The molecule has 0 radical (unpaired) electrons. The molecule has 5 N–H and O–H groups in total. The molecular weight excluding hydrogens is 360 g/mol. The number of hydrogen-bond donors (Lipinski definition) is 4. The van der Waals surface area contributed by atoms with Crippen LogP contribution in [0.25, 0.3) is 0 Å². The van der Waals surface area contributed by atoms with Crippen molar-refractivity contribution < 1.29 is 24.9 Å². The zero-order chi connectivity index (χ0) is 20.6. The summed E-state index contributed by atoms with van der Waals surface area (Å²) in [6.45, 7) is 3.54. The molecule has 2 heterocycles. The van der Waals surface area contributed by atoms with Crippen LogP contribution in [0.4, 0.5) is 0 Å². The minimum absolute atomic E-state index is 0.0724. The Hall–Kier alpha value is -0.990. The molecule has 0 spiro atoms. The van der Waals surface area contributed by atoms with Crippen molar-refractivity contribution in [2.45, 2.75) is 94.2 Å². The van der Waals surface area contributed by atoms with Crippen molar-refractivity contribution in [1.29, 1.82) is 0 Å². The zero-order valence-corrected chi connectivity index (χ0v) is 17.1. The highest BCUT2D eigenvalue weighted by molar-refractivity contribution is 5.85. The predicted molar refractivity (Wildman–Crippen MR) is 105 cm³/mol. The Labute approximate surface area is 167 Å². The summed E-state index contributed by atoms with van der Waals surface area (Å²) in [5.74, 6) is -1.02. The Morgan fingerprint density at radius 3 is 2.79 bits per heavy atom. The van der Waals surface area contributed by atoms with Gasteiger partial charge in [0.05, 0.1) is 18.6 Å². The van der Waals surface area contributed by atoms with Crippen LogP contribution in [0.2, 0.25) is 0 Å². The molecular formula is C21H36N2O5. The average Bonchev–Trinajstić information content (AvgIpc) is 3.11. The van der Waals surface area contributed by atoms with Gasteiger partial charge < -0.3 is 30.7 Å². The number of unbranched alkanes of at least 4 members (excludes halogenated alkanes) is 1. The molecule has 6 atom stereocenters. The maximum atomic E-state index is 13.3. The first-order chi connectivity index (χ1) is 13.2. The lowest BCUT2D eigenvalue weighted by atomic mass is 9.69. The fourth-order valence-corrected chi connectivity index (χ4v) is 5.43. The number of aliphatic hydroxyl groups is 3. The number of carbonyl (C=O) groups is 1. The molecule has 0 aromatic carbocycles. The Balaban J connectivity index is 1.96. The SMILES string of the molecule is CCCC[C@@H]1OCC2(C(O)CC3(N)C=CCCC3)N1C(=O)C(CCO)[C@]2(C)O. The van der Waals surface area contributed by atoms with E-state index in [1.165, 1.54) is 0 Å². The smallest absolute Gasteiger partial charge is 0.231 e. The highest BCUT2D eigenvalue weighted by Gasteiger charge is 2.72. The Kier molecular flexibility index (Phi) is 6.23. The van der Waals surface area contributed by atoms with E-state index in [0.717, 1.165) is 32.1 Å². The normalized spacial score (nSPS) is 41.5. The van der Waals surface area contributed by atoms with Crippen molar-refractivity contribution in [2.24, 2.45) is 11.7 Å². The molecule has 7 nitrogen and oxygen atoms in total. The van der Waals surface area contributed by atoms with Gasteiger partial charge in [-0.1, -0.05) is 25.5 Å². The summed E-state index contributed by atoms with van der Waals surface area (Å²) in [7, 11) is 0. The predicted octanol–water partition coefficient (Wildman–Crippen LogP) is 1.05. The lowest BCUT2D eigenvalue weighted by Gasteiger charge is -2.46. The number of nitrogens with zero attached hydrogens (tertiary/aromatic N) is 1. The molecule has 3 aliphatic rings. The van der Waals surface area contributed by atoms with E-state index < -0.39 is 34.9 Å². The van der Waals surface area contributed by atoms with E-state index in [-0.39, 0.29) is 32.0 Å². The second kappa shape index (κ2) is 8.03. The van der Waals surface area contributed by atoms with Crippen molar-refractivity contribution in [2.75, 3.05) is 13.2 Å². The molecule has 28 heavy (non-hydrogen) atoms. The highest BCUT2D eigenvalue weighted by Crippen LogP contribution is 2.53. The standard InChI is InChI=1S/C21H36N2O5/c1-3-4-8-17-23-18(26)15(9-12-24)19(2,27)21(23,14-28-17)16(25)13-20(22)10-6-5-7-11-20/h6,10,15-17,24-25,27H,3-5,7-9,11-14,22H2,1-2H3/t15?,16?,17-,19-,20?,21?/m0/s1. The summed E-state index contributed by atoms with van der Waals surface area (Å²) in [6.07, 6.45) is 8.08. The third-order valence-corrected chi connectivity index (χ3v) is 7.11. The summed E-state index contributed by atoms with van der Waals surface area (Å²) in [6, 6.07) is 0. The van der Waals surface area contributed by atoms with E-state index in [0.29, 0.717) is 6.42 Å². The van der Waals surface area contributed by atoms with Crippen LogP contribution in [0.5, 0.6) is 0 Å². The molecule has 0 aromatic rings. The van der Waals surface area contributed by atoms with Crippen LogP contribution in [0.1, 0.15) is 65.2 Å². The van der Waals surface area contributed by atoms with E-state index in [4.69, 9.17) is 10.5 Å². The monoisotopic (exact) mass is 396 g/mol. The fourth-order valence-electron chi connectivity index (χ4n) is 5.43. The van der Waals surface area contributed by atoms with Crippen molar-refractivity contribution in [3.63, 3.8) is 0 Å². The number of rotatable bonds is 8. The second-order valence-electron chi connectivity index (χ2n) is 9.00. The first kappa shape index (κ1) is 21.7. The van der Waals surface area contributed by atoms with Crippen molar-refractivity contribution in [3.8, 4) is 0 Å². The molecule has 0 bridgehead atoms. The first-order valence-corrected chi connectivity index (χ1v) is 10.7. The second-order valence-corrected chi connectivity index (χ2v) is 9.00. The van der Waals surface area contributed by atoms with Crippen molar-refractivity contribution in [3.05, 3.63) is 12.2 Å². The van der Waals surface area contributed by atoms with Gasteiger partial charge in [-0.3, -0.25) is 4.79 Å². The van der Waals surface area contributed by atoms with Gasteiger partial charge >= 0.3 is 0 Å². The molecule has 160 valence electrons. The van der Waals surface area contributed by atoms with Gasteiger partial charge in [0.25, 0.3) is 0 Å². The van der Waals surface area contributed by atoms with Crippen LogP contribution in [0, 0.1) is 5.92 Å². The molecule has 7 heteroatoms. The van der Waals surface area contributed by atoms with Crippen LogP contribution in [0.3, 0.4) is 0 Å². The lowest BCUT2D eigenvalue weighted by Crippen LogP contribution is -2.66. The van der Waals surface area contributed by atoms with Crippen LogP contribution in [-0.2, 0) is 9.53 Å². The first-order valence-electron chi connectivity index (χ1n) is 10.7. The topological polar surface area (TPSA) is 116 Å². The van der Waals surface area contributed by atoms with Gasteiger partial charge in [0, 0.05) is 12.1 Å². The minimum Gasteiger partial charge on any atom is -0.396 e. The molecule has 1 amide bonds. The summed E-state index contributed by atoms with van der Waals surface area (Å²) >= 11 is 0. The number of carbonyl (C=O) groups excluding carboxylic acids is 1. The number of allylic oxidation sites excluding steroid dienone is 1. The molecule has 4 unspecified atom stereocenters. The van der Waals surface area contributed by atoms with Gasteiger partial charge in [-0.15, -0.1) is 0 Å². The Bertz CT molecular complexity index is 610. The maximum absolute atomic E-state index is 13.3. The number of amides is 1. The third kappa shape index (κ3) is 3.31. The average molecular weight is 397 g/mol. The van der Waals surface area contributed by atoms with Gasteiger partial charge in [-0.25, -0.2) is 0 Å². The zero-order valence-electron chi connectivity index (χ0n) is 17.1. The van der Waals surface area contributed by atoms with E-state index in [2.05, 4.69) is 6.92 Å². The van der Waals surface area contributed by atoms with Crippen LogP contribution in [-0.4, -0.2) is 68.4 Å². The molecule has 0 aromatic heterocycles. The summed E-state index contributed by atoms with van der Waals surface area (Å²) < 4.78 is 5.96. The maximum Gasteiger partial charge on any atom is 0.231 e. The van der Waals surface area contributed by atoms with Gasteiger partial charge in [0.15, 0.2) is 0 Å².